The first-order valence-corrected chi connectivity index (χ1v) is 9.33. The molecule has 0 saturated heterocycles. The van der Waals surface area contributed by atoms with E-state index in [4.69, 9.17) is 4.74 Å². The van der Waals surface area contributed by atoms with Crippen molar-refractivity contribution in [1.29, 1.82) is 0 Å². The van der Waals surface area contributed by atoms with E-state index in [1.807, 2.05) is 18.2 Å². The van der Waals surface area contributed by atoms with Gasteiger partial charge in [-0.1, -0.05) is 24.3 Å². The van der Waals surface area contributed by atoms with E-state index >= 15 is 0 Å². The molecule has 1 aromatic heterocycles. The molecule has 1 amide bonds. The molecule has 28 heavy (non-hydrogen) atoms. The van der Waals surface area contributed by atoms with Gasteiger partial charge in [0, 0.05) is 29.3 Å². The molecule has 0 aliphatic rings. The summed E-state index contributed by atoms with van der Waals surface area (Å²) in [6, 6.07) is 14.0. The largest absolute Gasteiger partial charge is 0.491 e. The summed E-state index contributed by atoms with van der Waals surface area (Å²) >= 11 is 0. The Balaban J connectivity index is 1.60. The van der Waals surface area contributed by atoms with Crippen molar-refractivity contribution < 1.29 is 13.9 Å². The number of nitrogens with one attached hydrogen (secondary N) is 1. The molecule has 5 heteroatoms. The zero-order chi connectivity index (χ0) is 19.8. The minimum absolute atomic E-state index is 0.0867. The van der Waals surface area contributed by atoms with Gasteiger partial charge in [-0.25, -0.2) is 4.39 Å². The number of rotatable bonds is 9. The lowest BCUT2D eigenvalue weighted by Crippen LogP contribution is -2.23. The van der Waals surface area contributed by atoms with Crippen LogP contribution in [-0.4, -0.2) is 17.5 Å². The summed E-state index contributed by atoms with van der Waals surface area (Å²) in [7, 11) is 0. The summed E-state index contributed by atoms with van der Waals surface area (Å²) in [4.78, 5) is 16.7. The molecule has 2 aromatic carbocycles. The van der Waals surface area contributed by atoms with Crippen molar-refractivity contribution >= 4 is 16.8 Å². The highest BCUT2D eigenvalue weighted by Gasteiger charge is 2.12. The molecule has 0 spiro atoms. The molecule has 3 rings (SSSR count). The summed E-state index contributed by atoms with van der Waals surface area (Å²) in [6.07, 6.45) is 6.28. The van der Waals surface area contributed by atoms with Gasteiger partial charge in [-0.2, -0.15) is 0 Å². The Bertz CT molecular complexity index is 972. The fourth-order valence-corrected chi connectivity index (χ4v) is 2.87. The van der Waals surface area contributed by atoms with Crippen molar-refractivity contribution in [2.45, 2.75) is 25.8 Å². The van der Waals surface area contributed by atoms with Gasteiger partial charge in [0.05, 0.1) is 12.1 Å². The van der Waals surface area contributed by atoms with Crippen molar-refractivity contribution in [2.75, 3.05) is 6.61 Å². The number of benzene rings is 2. The van der Waals surface area contributed by atoms with Crippen molar-refractivity contribution in [1.82, 2.24) is 10.3 Å². The fraction of sp³-hybridized carbons (Fsp3) is 0.217. The predicted octanol–water partition coefficient (Wildman–Crippen LogP) is 5.04. The Labute approximate surface area is 164 Å². The van der Waals surface area contributed by atoms with Crippen molar-refractivity contribution in [2.24, 2.45) is 0 Å². The van der Waals surface area contributed by atoms with E-state index in [9.17, 15) is 9.18 Å². The Morgan fingerprint density at radius 1 is 1.18 bits per heavy atom. The Morgan fingerprint density at radius 3 is 2.93 bits per heavy atom. The lowest BCUT2D eigenvalue weighted by atomic mass is 10.1. The van der Waals surface area contributed by atoms with E-state index in [-0.39, 0.29) is 18.2 Å². The van der Waals surface area contributed by atoms with Gasteiger partial charge in [0.2, 0.25) is 0 Å². The molecule has 144 valence electrons. The minimum atomic E-state index is -0.436. The molecule has 0 saturated carbocycles. The molecule has 0 unspecified atom stereocenters. The number of allylic oxidation sites excluding steroid dienone is 1. The van der Waals surface area contributed by atoms with Crippen LogP contribution in [0.25, 0.3) is 10.9 Å². The van der Waals surface area contributed by atoms with Crippen LogP contribution in [-0.2, 0) is 6.54 Å². The normalized spacial score (nSPS) is 10.6. The second-order valence-electron chi connectivity index (χ2n) is 6.46. The second kappa shape index (κ2) is 9.65. The summed E-state index contributed by atoms with van der Waals surface area (Å²) < 4.78 is 20.1. The van der Waals surface area contributed by atoms with E-state index in [1.165, 1.54) is 0 Å². The number of aromatic nitrogens is 1. The number of fused-ring (bicyclic) bond motifs is 1. The number of ether oxygens (including phenoxy) is 1. The van der Waals surface area contributed by atoms with Gasteiger partial charge in [-0.15, -0.1) is 6.58 Å². The first-order chi connectivity index (χ1) is 13.7. The van der Waals surface area contributed by atoms with Crippen LogP contribution in [0.3, 0.4) is 0 Å². The highest BCUT2D eigenvalue weighted by Crippen LogP contribution is 2.21. The van der Waals surface area contributed by atoms with Gasteiger partial charge >= 0.3 is 0 Å². The van der Waals surface area contributed by atoms with Crippen LogP contribution in [0.15, 0.2) is 67.4 Å². The predicted molar refractivity (Wildman–Crippen MR) is 109 cm³/mol. The van der Waals surface area contributed by atoms with Crippen LogP contribution < -0.4 is 10.1 Å². The summed E-state index contributed by atoms with van der Waals surface area (Å²) in [5.74, 6) is -0.489. The molecule has 0 aliphatic heterocycles. The van der Waals surface area contributed by atoms with Gasteiger partial charge < -0.3 is 10.1 Å². The number of carbonyl (C=O) groups excluding carboxylic acids is 1. The van der Waals surface area contributed by atoms with Crippen LogP contribution in [0, 0.1) is 5.82 Å². The molecule has 1 heterocycles. The van der Waals surface area contributed by atoms with Crippen LogP contribution in [0.4, 0.5) is 4.39 Å². The maximum atomic E-state index is 14.6. The number of carbonyl (C=O) groups is 1. The van der Waals surface area contributed by atoms with E-state index < -0.39 is 5.82 Å². The minimum Gasteiger partial charge on any atom is -0.491 e. The molecule has 0 aliphatic carbocycles. The lowest BCUT2D eigenvalue weighted by Gasteiger charge is -2.11. The van der Waals surface area contributed by atoms with E-state index in [0.717, 1.165) is 30.2 Å². The smallest absolute Gasteiger partial charge is 0.251 e. The molecule has 0 atom stereocenters. The number of unbranched alkanes of at least 4 members (excludes halogenated alkanes) is 2. The molecule has 3 aromatic rings. The van der Waals surface area contributed by atoms with Crippen molar-refractivity contribution in [3.05, 3.63) is 84.3 Å². The number of hydrogen-bond acceptors (Lipinski definition) is 3. The molecule has 1 N–H and O–H groups in total. The number of nitrogens with zero attached hydrogens (tertiary/aromatic N) is 1. The zero-order valence-corrected chi connectivity index (χ0v) is 15.7. The molecule has 4 nitrogen and oxygen atoms in total. The Morgan fingerprint density at radius 2 is 2.07 bits per heavy atom. The van der Waals surface area contributed by atoms with Crippen LogP contribution in [0.1, 0.15) is 35.2 Å². The third-order valence-corrected chi connectivity index (χ3v) is 4.41. The maximum absolute atomic E-state index is 14.6. The average molecular weight is 378 g/mol. The van der Waals surface area contributed by atoms with Crippen LogP contribution >= 0.6 is 0 Å². The summed E-state index contributed by atoms with van der Waals surface area (Å²) in [5, 5.41) is 3.65. The van der Waals surface area contributed by atoms with Crippen LogP contribution in [0.5, 0.6) is 5.75 Å². The first-order valence-electron chi connectivity index (χ1n) is 9.33. The quantitative estimate of drug-likeness (QED) is 0.419. The highest BCUT2D eigenvalue weighted by molar-refractivity contribution is 5.97. The summed E-state index contributed by atoms with van der Waals surface area (Å²) in [6.45, 7) is 4.21. The Kier molecular flexibility index (Phi) is 6.73. The SMILES string of the molecule is C=CCCCCOc1cccc(CNC(=O)c2ccc3ncccc3c2)c1F. The molecular formula is C23H23FN2O2. The van der Waals surface area contributed by atoms with Crippen molar-refractivity contribution in [3.8, 4) is 5.75 Å². The highest BCUT2D eigenvalue weighted by atomic mass is 19.1. The monoisotopic (exact) mass is 378 g/mol. The van der Waals surface area contributed by atoms with Crippen molar-refractivity contribution in [3.63, 3.8) is 0 Å². The van der Waals surface area contributed by atoms with Gasteiger partial charge in [0.15, 0.2) is 11.6 Å². The maximum Gasteiger partial charge on any atom is 0.251 e. The van der Waals surface area contributed by atoms with Crippen LogP contribution in [0.2, 0.25) is 0 Å². The zero-order valence-electron chi connectivity index (χ0n) is 15.7. The third kappa shape index (κ3) is 4.94. The topological polar surface area (TPSA) is 51.2 Å². The van der Waals surface area contributed by atoms with E-state index in [2.05, 4.69) is 16.9 Å². The van der Waals surface area contributed by atoms with Gasteiger partial charge in [0.25, 0.3) is 5.91 Å². The van der Waals surface area contributed by atoms with Gasteiger partial charge in [0.1, 0.15) is 0 Å². The molecule has 0 bridgehead atoms. The second-order valence-corrected chi connectivity index (χ2v) is 6.46. The standard InChI is InChI=1S/C23H23FN2O2/c1-2-3-4-5-14-28-21-10-6-8-19(22(21)24)16-26-23(27)18-11-12-20-17(15-18)9-7-13-25-20/h2,6-13,15H,1,3-5,14,16H2,(H,26,27). The van der Waals surface area contributed by atoms with E-state index in [1.54, 1.807) is 42.6 Å². The number of amides is 1. The molecule has 0 fully saturated rings. The lowest BCUT2D eigenvalue weighted by molar-refractivity contribution is 0.0950. The summed E-state index contributed by atoms with van der Waals surface area (Å²) in [5.41, 5.74) is 1.72. The fourth-order valence-electron chi connectivity index (χ4n) is 2.87. The van der Waals surface area contributed by atoms with Gasteiger partial charge in [-0.3, -0.25) is 9.78 Å². The number of pyridine rings is 1. The third-order valence-electron chi connectivity index (χ3n) is 4.41. The number of hydrogen-bond donors (Lipinski definition) is 1. The molecule has 0 radical (unpaired) electrons. The molecular weight excluding hydrogens is 355 g/mol. The first kappa shape index (κ1) is 19.5. The van der Waals surface area contributed by atoms with Gasteiger partial charge in [-0.05, 0) is 49.6 Å². The average Bonchev–Trinajstić information content (AvgIpc) is 2.73. The van der Waals surface area contributed by atoms with E-state index in [0.29, 0.717) is 17.7 Å². The Hall–Kier alpha value is -3.21. The number of halogens is 1.